The highest BCUT2D eigenvalue weighted by molar-refractivity contribution is 5.99. The number of benzene rings is 1. The van der Waals surface area contributed by atoms with Crippen LogP contribution in [0.25, 0.3) is 11.3 Å². The molecule has 2 heterocycles. The van der Waals surface area contributed by atoms with Crippen molar-refractivity contribution in [3.63, 3.8) is 0 Å². The zero-order chi connectivity index (χ0) is 22.0. The molecule has 1 atom stereocenters. The van der Waals surface area contributed by atoms with E-state index in [2.05, 4.69) is 13.8 Å². The van der Waals surface area contributed by atoms with Crippen molar-refractivity contribution < 1.29 is 19.1 Å². The van der Waals surface area contributed by atoms with Crippen molar-refractivity contribution in [2.24, 2.45) is 5.92 Å². The van der Waals surface area contributed by atoms with Crippen LogP contribution < -0.4 is 10.2 Å². The molecule has 6 heteroatoms. The summed E-state index contributed by atoms with van der Waals surface area (Å²) in [5, 5.41) is 0. The Bertz CT molecular complexity index is 1030. The lowest BCUT2D eigenvalue weighted by Crippen LogP contribution is -2.28. The Morgan fingerprint density at radius 1 is 1.10 bits per heavy atom. The van der Waals surface area contributed by atoms with Gasteiger partial charge in [0, 0.05) is 44.0 Å². The van der Waals surface area contributed by atoms with Crippen LogP contribution >= 0.6 is 0 Å². The summed E-state index contributed by atoms with van der Waals surface area (Å²) < 4.78 is 13.0. The number of hydrogen-bond donors (Lipinski definition) is 0. The van der Waals surface area contributed by atoms with Gasteiger partial charge in [-0.2, -0.15) is 0 Å². The van der Waals surface area contributed by atoms with E-state index in [1.165, 1.54) is 19.9 Å². The molecule has 0 saturated carbocycles. The van der Waals surface area contributed by atoms with Crippen molar-refractivity contribution in [3.8, 4) is 17.0 Å². The summed E-state index contributed by atoms with van der Waals surface area (Å²) in [7, 11) is 1.64. The number of carbonyl (C=O) groups is 2. The molecule has 1 aliphatic rings. The van der Waals surface area contributed by atoms with Gasteiger partial charge in [0.1, 0.15) is 5.75 Å². The highest BCUT2D eigenvalue weighted by Crippen LogP contribution is 2.40. The van der Waals surface area contributed by atoms with Gasteiger partial charge in [0.25, 0.3) is 0 Å². The summed E-state index contributed by atoms with van der Waals surface area (Å²) in [4.78, 5) is 36.8. The number of rotatable bonds is 8. The van der Waals surface area contributed by atoms with Crippen LogP contribution in [0.1, 0.15) is 66.4 Å². The van der Waals surface area contributed by atoms with E-state index in [0.717, 1.165) is 29.7 Å². The van der Waals surface area contributed by atoms with Crippen molar-refractivity contribution >= 4 is 11.6 Å². The molecule has 1 aromatic carbocycles. The molecule has 0 bridgehead atoms. The lowest BCUT2D eigenvalue weighted by atomic mass is 9.85. The van der Waals surface area contributed by atoms with E-state index >= 15 is 0 Å². The average Bonchev–Trinajstić information content (AvgIpc) is 2.69. The molecule has 0 radical (unpaired) electrons. The fourth-order valence-electron chi connectivity index (χ4n) is 3.99. The number of ether oxygens (including phenoxy) is 2. The lowest BCUT2D eigenvalue weighted by molar-refractivity contribution is 0.100. The van der Waals surface area contributed by atoms with Crippen LogP contribution in [0.2, 0.25) is 0 Å². The number of fused-ring (bicyclic) bond motifs is 3. The molecule has 30 heavy (non-hydrogen) atoms. The van der Waals surface area contributed by atoms with Gasteiger partial charge in [0.15, 0.2) is 17.0 Å². The maximum Gasteiger partial charge on any atom is 0.192 e. The number of Topliss-reactive ketones (excluding diaryl/α,β-unsaturated/α-hetero) is 2. The van der Waals surface area contributed by atoms with Gasteiger partial charge < -0.3 is 14.0 Å². The van der Waals surface area contributed by atoms with Gasteiger partial charge in [-0.15, -0.1) is 0 Å². The summed E-state index contributed by atoms with van der Waals surface area (Å²) in [5.74, 6) is 0.515. The molecular formula is C24H29NO5. The minimum Gasteiger partial charge on any atom is -0.493 e. The van der Waals surface area contributed by atoms with E-state index in [9.17, 15) is 14.4 Å². The molecule has 0 amide bonds. The third kappa shape index (κ3) is 4.24. The Kier molecular flexibility index (Phi) is 6.56. The fraction of sp³-hybridized carbons (Fsp3) is 0.458. The standard InChI is InChI=1S/C24H29NO5/c1-14(2)21-9-17-10-24(30-8-6-7-29-5)18(15(3)26)11-19(17)22-12-23(28)20(16(4)27)13-25(21)22/h10-14,21H,6-9H2,1-5H3/t21-/m0/s1. The number of carbonyl (C=O) groups excluding carboxylic acids is 2. The van der Waals surface area contributed by atoms with Crippen LogP contribution in [0.5, 0.6) is 5.75 Å². The second kappa shape index (κ2) is 8.96. The molecule has 3 rings (SSSR count). The molecule has 2 aromatic rings. The lowest BCUT2D eigenvalue weighted by Gasteiger charge is -2.34. The third-order valence-electron chi connectivity index (χ3n) is 5.63. The third-order valence-corrected chi connectivity index (χ3v) is 5.63. The minimum absolute atomic E-state index is 0.0933. The van der Waals surface area contributed by atoms with E-state index in [1.807, 2.05) is 16.7 Å². The van der Waals surface area contributed by atoms with Crippen LogP contribution in [-0.4, -0.2) is 36.5 Å². The molecule has 0 spiro atoms. The average molecular weight is 411 g/mol. The van der Waals surface area contributed by atoms with Crippen molar-refractivity contribution in [2.75, 3.05) is 20.3 Å². The van der Waals surface area contributed by atoms with Gasteiger partial charge in [-0.3, -0.25) is 14.4 Å². The molecule has 6 nitrogen and oxygen atoms in total. The van der Waals surface area contributed by atoms with Crippen molar-refractivity contribution in [1.82, 2.24) is 4.57 Å². The molecule has 0 N–H and O–H groups in total. The van der Waals surface area contributed by atoms with Crippen LogP contribution in [0.4, 0.5) is 0 Å². The first kappa shape index (κ1) is 22.0. The van der Waals surface area contributed by atoms with Crippen molar-refractivity contribution in [1.29, 1.82) is 0 Å². The summed E-state index contributed by atoms with van der Waals surface area (Å²) in [6.45, 7) is 8.21. The zero-order valence-electron chi connectivity index (χ0n) is 18.3. The highest BCUT2D eigenvalue weighted by Gasteiger charge is 2.29. The van der Waals surface area contributed by atoms with Crippen LogP contribution in [-0.2, 0) is 11.2 Å². The fourth-order valence-corrected chi connectivity index (χ4v) is 3.99. The maximum atomic E-state index is 12.6. The molecule has 1 aliphatic heterocycles. The van der Waals surface area contributed by atoms with E-state index < -0.39 is 0 Å². The molecule has 1 aromatic heterocycles. The SMILES string of the molecule is COCCCOc1cc2c(cc1C(C)=O)-c1cc(=O)c(C(C)=O)cn1[C@H](C(C)C)C2. The minimum atomic E-state index is -0.298. The highest BCUT2D eigenvalue weighted by atomic mass is 16.5. The molecular weight excluding hydrogens is 382 g/mol. The summed E-state index contributed by atoms with van der Waals surface area (Å²) in [6, 6.07) is 5.36. The number of aromatic nitrogens is 1. The summed E-state index contributed by atoms with van der Waals surface area (Å²) in [5.41, 5.74) is 3.00. The number of methoxy groups -OCH3 is 1. The smallest absolute Gasteiger partial charge is 0.192 e. The van der Waals surface area contributed by atoms with E-state index in [0.29, 0.717) is 24.5 Å². The number of pyridine rings is 1. The van der Waals surface area contributed by atoms with Gasteiger partial charge in [-0.05, 0) is 43.9 Å². The Morgan fingerprint density at radius 3 is 2.40 bits per heavy atom. The molecule has 0 unspecified atom stereocenters. The first-order chi connectivity index (χ1) is 14.2. The van der Waals surface area contributed by atoms with Gasteiger partial charge >= 0.3 is 0 Å². The molecule has 0 fully saturated rings. The summed E-state index contributed by atoms with van der Waals surface area (Å²) in [6.07, 6.45) is 3.13. The predicted octanol–water partition coefficient (Wildman–Crippen LogP) is 4.09. The predicted molar refractivity (Wildman–Crippen MR) is 116 cm³/mol. The zero-order valence-corrected chi connectivity index (χ0v) is 18.3. The van der Waals surface area contributed by atoms with Gasteiger partial charge in [-0.25, -0.2) is 0 Å². The van der Waals surface area contributed by atoms with E-state index in [4.69, 9.17) is 9.47 Å². The number of hydrogen-bond acceptors (Lipinski definition) is 5. The Balaban J connectivity index is 2.15. The first-order valence-corrected chi connectivity index (χ1v) is 10.3. The maximum absolute atomic E-state index is 12.6. The molecule has 0 saturated heterocycles. The largest absolute Gasteiger partial charge is 0.493 e. The monoisotopic (exact) mass is 411 g/mol. The quantitative estimate of drug-likeness (QED) is 0.483. The van der Waals surface area contributed by atoms with Crippen LogP contribution in [0.15, 0.2) is 29.2 Å². The molecule has 160 valence electrons. The van der Waals surface area contributed by atoms with Gasteiger partial charge in [0.05, 0.1) is 23.4 Å². The van der Waals surface area contributed by atoms with Crippen LogP contribution in [0, 0.1) is 5.92 Å². The Hall–Kier alpha value is -2.73. The topological polar surface area (TPSA) is 74.6 Å². The Morgan fingerprint density at radius 2 is 1.80 bits per heavy atom. The Labute approximate surface area is 176 Å². The van der Waals surface area contributed by atoms with Crippen molar-refractivity contribution in [2.45, 2.75) is 46.6 Å². The summed E-state index contributed by atoms with van der Waals surface area (Å²) >= 11 is 0. The number of ketones is 2. The van der Waals surface area contributed by atoms with Crippen molar-refractivity contribution in [3.05, 3.63) is 51.3 Å². The van der Waals surface area contributed by atoms with E-state index in [-0.39, 0.29) is 34.5 Å². The van der Waals surface area contributed by atoms with E-state index in [1.54, 1.807) is 13.3 Å². The first-order valence-electron chi connectivity index (χ1n) is 10.3. The van der Waals surface area contributed by atoms with Gasteiger partial charge in [0.2, 0.25) is 0 Å². The number of nitrogens with zero attached hydrogens (tertiary/aromatic N) is 1. The molecule has 0 aliphatic carbocycles. The van der Waals surface area contributed by atoms with Gasteiger partial charge in [-0.1, -0.05) is 13.8 Å². The second-order valence-corrected chi connectivity index (χ2v) is 8.17. The van der Waals surface area contributed by atoms with Crippen LogP contribution in [0.3, 0.4) is 0 Å². The normalized spacial score (nSPS) is 14.9. The second-order valence-electron chi connectivity index (χ2n) is 8.17.